The first-order valence-corrected chi connectivity index (χ1v) is 7.99. The largest absolute Gasteiger partial charge is 0.467 e. The lowest BCUT2D eigenvalue weighted by molar-refractivity contribution is -0.153. The van der Waals surface area contributed by atoms with Crippen LogP contribution in [0, 0.1) is 11.8 Å². The number of nitrogens with zero attached hydrogens (tertiary/aromatic N) is 1. The summed E-state index contributed by atoms with van der Waals surface area (Å²) in [5, 5.41) is 0. The maximum atomic E-state index is 12.8. The minimum atomic E-state index is -0.690. The molecule has 0 unspecified atom stereocenters. The summed E-state index contributed by atoms with van der Waals surface area (Å²) < 4.78 is 16.6. The van der Waals surface area contributed by atoms with E-state index in [1.54, 1.807) is 17.2 Å². The van der Waals surface area contributed by atoms with E-state index in [1.807, 2.05) is 25.1 Å². The summed E-state index contributed by atoms with van der Waals surface area (Å²) in [6, 6.07) is 3.63. The third-order valence-corrected chi connectivity index (χ3v) is 4.83. The van der Waals surface area contributed by atoms with Crippen molar-refractivity contribution in [2.45, 2.75) is 31.6 Å². The molecule has 1 aromatic rings. The molecule has 0 N–H and O–H groups in total. The van der Waals surface area contributed by atoms with Crippen LogP contribution in [-0.2, 0) is 25.6 Å². The second-order valence-corrected chi connectivity index (χ2v) is 6.34. The minimum Gasteiger partial charge on any atom is -0.467 e. The molecule has 1 spiro atoms. The molecule has 0 aliphatic carbocycles. The number of esters is 1. The van der Waals surface area contributed by atoms with Crippen molar-refractivity contribution in [1.82, 2.24) is 4.90 Å². The Hall–Kier alpha value is -2.08. The molecule has 4 heterocycles. The van der Waals surface area contributed by atoms with Gasteiger partial charge in [-0.15, -0.1) is 0 Å². The van der Waals surface area contributed by atoms with Crippen LogP contribution < -0.4 is 0 Å². The number of hydrogen-bond acceptors (Lipinski definition) is 5. The van der Waals surface area contributed by atoms with Gasteiger partial charge in [0.25, 0.3) is 0 Å². The molecule has 6 heteroatoms. The van der Waals surface area contributed by atoms with Crippen LogP contribution in [0.2, 0.25) is 0 Å². The van der Waals surface area contributed by atoms with Gasteiger partial charge in [-0.25, -0.2) is 0 Å². The number of ether oxygens (including phenoxy) is 2. The standard InChI is InChI=1S/C17H19NO5/c1-2-7-22-16(20)13-12-5-6-17(23-12)10-18(15(19)14(13)17)9-11-4-3-8-21-11/h3-6,8,12-14H,2,7,9-10H2,1H3/t12-,13-,14+,17+/m1/s1. The first kappa shape index (κ1) is 14.5. The van der Waals surface area contributed by atoms with Crippen LogP contribution in [0.4, 0.5) is 0 Å². The molecule has 4 rings (SSSR count). The van der Waals surface area contributed by atoms with Gasteiger partial charge < -0.3 is 18.8 Å². The zero-order valence-corrected chi connectivity index (χ0v) is 12.9. The molecule has 23 heavy (non-hydrogen) atoms. The predicted molar refractivity (Wildman–Crippen MR) is 79.1 cm³/mol. The number of likely N-dealkylation sites (tertiary alicyclic amines) is 1. The van der Waals surface area contributed by atoms with Crippen molar-refractivity contribution in [3.63, 3.8) is 0 Å². The van der Waals surface area contributed by atoms with E-state index in [2.05, 4.69) is 0 Å². The second kappa shape index (κ2) is 5.23. The summed E-state index contributed by atoms with van der Waals surface area (Å²) in [7, 11) is 0. The molecule has 2 fully saturated rings. The van der Waals surface area contributed by atoms with Gasteiger partial charge in [0.2, 0.25) is 5.91 Å². The van der Waals surface area contributed by atoms with Gasteiger partial charge in [0.05, 0.1) is 38.0 Å². The van der Waals surface area contributed by atoms with Gasteiger partial charge in [0.15, 0.2) is 0 Å². The Bertz CT molecular complexity index is 652. The molecule has 2 saturated heterocycles. The van der Waals surface area contributed by atoms with E-state index in [0.717, 1.165) is 12.2 Å². The fraction of sp³-hybridized carbons (Fsp3) is 0.529. The Morgan fingerprint density at radius 2 is 2.39 bits per heavy atom. The van der Waals surface area contributed by atoms with E-state index in [4.69, 9.17) is 13.9 Å². The molecule has 3 aliphatic heterocycles. The van der Waals surface area contributed by atoms with Crippen LogP contribution in [0.3, 0.4) is 0 Å². The number of carbonyl (C=O) groups excluding carboxylic acids is 2. The Morgan fingerprint density at radius 1 is 1.52 bits per heavy atom. The lowest BCUT2D eigenvalue weighted by Crippen LogP contribution is -2.40. The summed E-state index contributed by atoms with van der Waals surface area (Å²) in [4.78, 5) is 26.9. The molecule has 0 saturated carbocycles. The lowest BCUT2D eigenvalue weighted by Gasteiger charge is -2.22. The molecule has 1 aromatic heterocycles. The highest BCUT2D eigenvalue weighted by Crippen LogP contribution is 2.52. The molecular weight excluding hydrogens is 298 g/mol. The second-order valence-electron chi connectivity index (χ2n) is 6.34. The molecule has 0 radical (unpaired) electrons. The lowest BCUT2D eigenvalue weighted by atomic mass is 9.77. The quantitative estimate of drug-likeness (QED) is 0.608. The van der Waals surface area contributed by atoms with Crippen LogP contribution in [-0.4, -0.2) is 41.6 Å². The van der Waals surface area contributed by atoms with Crippen molar-refractivity contribution in [1.29, 1.82) is 0 Å². The average Bonchev–Trinajstić information content (AvgIpc) is 3.28. The van der Waals surface area contributed by atoms with Crippen LogP contribution >= 0.6 is 0 Å². The first-order chi connectivity index (χ1) is 11.1. The highest BCUT2D eigenvalue weighted by molar-refractivity contribution is 5.91. The highest BCUT2D eigenvalue weighted by atomic mass is 16.6. The smallest absolute Gasteiger partial charge is 0.312 e. The first-order valence-electron chi connectivity index (χ1n) is 7.99. The van der Waals surface area contributed by atoms with Crippen molar-refractivity contribution in [3.05, 3.63) is 36.3 Å². The maximum absolute atomic E-state index is 12.8. The Morgan fingerprint density at radius 3 is 3.13 bits per heavy atom. The van der Waals surface area contributed by atoms with Gasteiger partial charge in [-0.1, -0.05) is 19.1 Å². The highest BCUT2D eigenvalue weighted by Gasteiger charge is 2.67. The number of fused-ring (bicyclic) bond motifs is 1. The molecular formula is C17H19NO5. The summed E-state index contributed by atoms with van der Waals surface area (Å²) in [5.74, 6) is -0.705. The molecule has 0 aromatic carbocycles. The minimum absolute atomic E-state index is 0.0632. The third-order valence-electron chi connectivity index (χ3n) is 4.83. The van der Waals surface area contributed by atoms with Crippen molar-refractivity contribution in [3.8, 4) is 0 Å². The van der Waals surface area contributed by atoms with Crippen molar-refractivity contribution in [2.75, 3.05) is 13.2 Å². The van der Waals surface area contributed by atoms with Crippen LogP contribution in [0.15, 0.2) is 35.0 Å². The Balaban J connectivity index is 1.57. The van der Waals surface area contributed by atoms with Gasteiger partial charge in [-0.3, -0.25) is 9.59 Å². The van der Waals surface area contributed by atoms with E-state index in [9.17, 15) is 9.59 Å². The zero-order valence-electron chi connectivity index (χ0n) is 12.9. The van der Waals surface area contributed by atoms with Gasteiger partial charge >= 0.3 is 5.97 Å². The maximum Gasteiger partial charge on any atom is 0.312 e. The fourth-order valence-electron chi connectivity index (χ4n) is 3.87. The predicted octanol–water partition coefficient (Wildman–Crippen LogP) is 1.51. The van der Waals surface area contributed by atoms with Crippen LogP contribution in [0.25, 0.3) is 0 Å². The molecule has 6 nitrogen and oxygen atoms in total. The summed E-state index contributed by atoms with van der Waals surface area (Å²) in [5.41, 5.74) is -0.690. The topological polar surface area (TPSA) is 69.0 Å². The van der Waals surface area contributed by atoms with Crippen LogP contribution in [0.5, 0.6) is 0 Å². The molecule has 1 amide bonds. The SMILES string of the molecule is CCCOC(=O)[C@H]1[C@H]2C(=O)N(Cc3ccco3)C[C@@]23C=C[C@H]1O3. The third kappa shape index (κ3) is 2.12. The van der Waals surface area contributed by atoms with Crippen molar-refractivity contribution >= 4 is 11.9 Å². The van der Waals surface area contributed by atoms with E-state index in [1.165, 1.54) is 0 Å². The summed E-state index contributed by atoms with van der Waals surface area (Å²) >= 11 is 0. The van der Waals surface area contributed by atoms with Gasteiger partial charge in [0.1, 0.15) is 17.3 Å². The van der Waals surface area contributed by atoms with Gasteiger partial charge in [-0.05, 0) is 18.6 Å². The van der Waals surface area contributed by atoms with Crippen molar-refractivity contribution in [2.24, 2.45) is 11.8 Å². The van der Waals surface area contributed by atoms with Gasteiger partial charge in [0, 0.05) is 0 Å². The van der Waals surface area contributed by atoms with E-state index in [-0.39, 0.29) is 18.0 Å². The Labute approximate surface area is 134 Å². The molecule has 4 atom stereocenters. The number of amides is 1. The summed E-state index contributed by atoms with van der Waals surface area (Å²) in [6.45, 7) is 3.15. The van der Waals surface area contributed by atoms with Crippen molar-refractivity contribution < 1.29 is 23.5 Å². The van der Waals surface area contributed by atoms with Gasteiger partial charge in [-0.2, -0.15) is 0 Å². The summed E-state index contributed by atoms with van der Waals surface area (Å²) in [6.07, 6.45) is 5.82. The van der Waals surface area contributed by atoms with Crippen LogP contribution in [0.1, 0.15) is 19.1 Å². The number of furan rings is 1. The average molecular weight is 317 g/mol. The van der Waals surface area contributed by atoms with E-state index < -0.39 is 17.4 Å². The number of carbonyl (C=O) groups is 2. The van der Waals surface area contributed by atoms with E-state index >= 15 is 0 Å². The number of hydrogen-bond donors (Lipinski definition) is 0. The zero-order chi connectivity index (χ0) is 16.0. The Kier molecular flexibility index (Phi) is 3.30. The fourth-order valence-corrected chi connectivity index (χ4v) is 3.87. The number of rotatable bonds is 5. The monoisotopic (exact) mass is 317 g/mol. The molecule has 2 bridgehead atoms. The normalized spacial score (nSPS) is 34.2. The molecule has 3 aliphatic rings. The molecule has 122 valence electrons. The van der Waals surface area contributed by atoms with E-state index in [0.29, 0.717) is 19.7 Å².